The van der Waals surface area contributed by atoms with Gasteiger partial charge in [-0.2, -0.15) is 0 Å². The Morgan fingerprint density at radius 1 is 1.00 bits per heavy atom. The smallest absolute Gasteiger partial charge is 0.0324 e. The zero-order valence-corrected chi connectivity index (χ0v) is 11.4. The summed E-state index contributed by atoms with van der Waals surface area (Å²) >= 11 is 0. The molecule has 0 aliphatic rings. The van der Waals surface area contributed by atoms with Gasteiger partial charge in [-0.3, -0.25) is 0 Å². The van der Waals surface area contributed by atoms with Gasteiger partial charge in [-0.05, 0) is 29.6 Å². The molecule has 0 heterocycles. The molecular formula is C14H30. The van der Waals surface area contributed by atoms with E-state index < -0.39 is 0 Å². The highest BCUT2D eigenvalue weighted by Crippen LogP contribution is 2.42. The Hall–Kier alpha value is 0. The van der Waals surface area contributed by atoms with Crippen LogP contribution in [0.1, 0.15) is 74.1 Å². The molecule has 0 rings (SSSR count). The van der Waals surface area contributed by atoms with Crippen LogP contribution in [0, 0.1) is 16.7 Å². The first kappa shape index (κ1) is 14.0. The SMILES string of the molecule is CCCC(C)(C)CC(C)(C)C(C)CC. The van der Waals surface area contributed by atoms with Crippen LogP contribution in [-0.2, 0) is 0 Å². The Kier molecular flexibility index (Phi) is 5.19. The van der Waals surface area contributed by atoms with E-state index in [0.29, 0.717) is 10.8 Å². The zero-order chi connectivity index (χ0) is 11.4. The van der Waals surface area contributed by atoms with E-state index in [1.165, 1.54) is 25.7 Å². The van der Waals surface area contributed by atoms with Crippen LogP contribution in [0.25, 0.3) is 0 Å². The highest BCUT2D eigenvalue weighted by atomic mass is 14.4. The summed E-state index contributed by atoms with van der Waals surface area (Å²) in [5, 5.41) is 0. The van der Waals surface area contributed by atoms with Crippen LogP contribution in [0.5, 0.6) is 0 Å². The second kappa shape index (κ2) is 5.19. The quantitative estimate of drug-likeness (QED) is 0.545. The Morgan fingerprint density at radius 2 is 1.50 bits per heavy atom. The van der Waals surface area contributed by atoms with Gasteiger partial charge in [-0.15, -0.1) is 0 Å². The van der Waals surface area contributed by atoms with Gasteiger partial charge in [-0.1, -0.05) is 61.3 Å². The monoisotopic (exact) mass is 198 g/mol. The van der Waals surface area contributed by atoms with Gasteiger partial charge < -0.3 is 0 Å². The second-order valence-corrected chi connectivity index (χ2v) is 6.39. The average Bonchev–Trinajstić information content (AvgIpc) is 2.00. The van der Waals surface area contributed by atoms with Crippen molar-refractivity contribution in [1.29, 1.82) is 0 Å². The minimum atomic E-state index is 0.493. The molecule has 1 unspecified atom stereocenters. The van der Waals surface area contributed by atoms with Crippen LogP contribution in [0.2, 0.25) is 0 Å². The lowest BCUT2D eigenvalue weighted by Crippen LogP contribution is -2.28. The zero-order valence-electron chi connectivity index (χ0n) is 11.4. The van der Waals surface area contributed by atoms with Crippen molar-refractivity contribution in [3.8, 4) is 0 Å². The minimum Gasteiger partial charge on any atom is -0.0654 e. The van der Waals surface area contributed by atoms with Gasteiger partial charge in [0.25, 0.3) is 0 Å². The summed E-state index contributed by atoms with van der Waals surface area (Å²) in [6.45, 7) is 16.7. The summed E-state index contributed by atoms with van der Waals surface area (Å²) in [5.74, 6) is 0.832. The van der Waals surface area contributed by atoms with Gasteiger partial charge in [0.05, 0.1) is 0 Å². The fraction of sp³-hybridized carbons (Fsp3) is 1.00. The molecule has 0 amide bonds. The third-order valence-electron chi connectivity index (χ3n) is 3.81. The molecule has 0 radical (unpaired) electrons. The molecule has 0 aromatic rings. The lowest BCUT2D eigenvalue weighted by atomic mass is 9.67. The molecule has 0 nitrogen and oxygen atoms in total. The van der Waals surface area contributed by atoms with Crippen LogP contribution in [0.4, 0.5) is 0 Å². The molecule has 0 aromatic heterocycles. The van der Waals surface area contributed by atoms with Crippen molar-refractivity contribution < 1.29 is 0 Å². The summed E-state index contributed by atoms with van der Waals surface area (Å²) in [6.07, 6.45) is 5.31. The first-order chi connectivity index (χ1) is 6.25. The Labute approximate surface area is 91.5 Å². The third-order valence-corrected chi connectivity index (χ3v) is 3.81. The Bertz CT molecular complexity index is 153. The molecular weight excluding hydrogens is 168 g/mol. The Balaban J connectivity index is 4.33. The van der Waals surface area contributed by atoms with E-state index in [-0.39, 0.29) is 0 Å². The van der Waals surface area contributed by atoms with Crippen LogP contribution in [-0.4, -0.2) is 0 Å². The molecule has 86 valence electrons. The standard InChI is InChI=1S/C14H30/c1-8-10-13(4,5)11-14(6,7)12(3)9-2/h12H,8-11H2,1-7H3. The van der Waals surface area contributed by atoms with Crippen molar-refractivity contribution in [2.24, 2.45) is 16.7 Å². The van der Waals surface area contributed by atoms with E-state index in [1.54, 1.807) is 0 Å². The molecule has 0 fully saturated rings. The minimum absolute atomic E-state index is 0.493. The fourth-order valence-electron chi connectivity index (χ4n) is 2.73. The fourth-order valence-corrected chi connectivity index (χ4v) is 2.73. The highest BCUT2D eigenvalue weighted by Gasteiger charge is 2.31. The molecule has 0 saturated heterocycles. The summed E-state index contributed by atoms with van der Waals surface area (Å²) in [6, 6.07) is 0. The normalized spacial score (nSPS) is 15.6. The molecule has 0 aliphatic carbocycles. The molecule has 0 heteroatoms. The lowest BCUT2D eigenvalue weighted by molar-refractivity contribution is 0.120. The van der Waals surface area contributed by atoms with Gasteiger partial charge in [0.15, 0.2) is 0 Å². The third kappa shape index (κ3) is 4.48. The first-order valence-corrected chi connectivity index (χ1v) is 6.25. The van der Waals surface area contributed by atoms with E-state index in [2.05, 4.69) is 48.5 Å². The van der Waals surface area contributed by atoms with Crippen molar-refractivity contribution in [2.45, 2.75) is 74.1 Å². The van der Waals surface area contributed by atoms with E-state index in [1.807, 2.05) is 0 Å². The van der Waals surface area contributed by atoms with Crippen molar-refractivity contribution in [1.82, 2.24) is 0 Å². The predicted octanol–water partition coefficient (Wildman–Crippen LogP) is 5.28. The summed E-state index contributed by atoms with van der Waals surface area (Å²) in [7, 11) is 0. The van der Waals surface area contributed by atoms with Crippen LogP contribution < -0.4 is 0 Å². The van der Waals surface area contributed by atoms with Crippen LogP contribution in [0.15, 0.2) is 0 Å². The summed E-state index contributed by atoms with van der Waals surface area (Å²) < 4.78 is 0. The summed E-state index contributed by atoms with van der Waals surface area (Å²) in [4.78, 5) is 0. The predicted molar refractivity (Wildman–Crippen MR) is 66.5 cm³/mol. The number of hydrogen-bond acceptors (Lipinski definition) is 0. The van der Waals surface area contributed by atoms with E-state index in [0.717, 1.165) is 5.92 Å². The highest BCUT2D eigenvalue weighted by molar-refractivity contribution is 4.82. The van der Waals surface area contributed by atoms with Gasteiger partial charge >= 0.3 is 0 Å². The van der Waals surface area contributed by atoms with Crippen molar-refractivity contribution in [3.05, 3.63) is 0 Å². The molecule has 0 bridgehead atoms. The topological polar surface area (TPSA) is 0 Å². The van der Waals surface area contributed by atoms with Crippen LogP contribution in [0.3, 0.4) is 0 Å². The Morgan fingerprint density at radius 3 is 1.86 bits per heavy atom. The largest absolute Gasteiger partial charge is 0.0654 e. The molecule has 0 N–H and O–H groups in total. The van der Waals surface area contributed by atoms with E-state index in [4.69, 9.17) is 0 Å². The molecule has 0 saturated carbocycles. The average molecular weight is 198 g/mol. The van der Waals surface area contributed by atoms with E-state index >= 15 is 0 Å². The van der Waals surface area contributed by atoms with E-state index in [9.17, 15) is 0 Å². The molecule has 0 aromatic carbocycles. The van der Waals surface area contributed by atoms with Crippen LogP contribution >= 0.6 is 0 Å². The maximum Gasteiger partial charge on any atom is -0.0324 e. The molecule has 1 atom stereocenters. The lowest BCUT2D eigenvalue weighted by Gasteiger charge is -2.39. The maximum absolute atomic E-state index is 2.43. The van der Waals surface area contributed by atoms with Crippen molar-refractivity contribution in [3.63, 3.8) is 0 Å². The van der Waals surface area contributed by atoms with Gasteiger partial charge in [-0.25, -0.2) is 0 Å². The van der Waals surface area contributed by atoms with Crippen molar-refractivity contribution >= 4 is 0 Å². The molecule has 0 spiro atoms. The van der Waals surface area contributed by atoms with Gasteiger partial charge in [0.1, 0.15) is 0 Å². The molecule has 0 aliphatic heterocycles. The first-order valence-electron chi connectivity index (χ1n) is 6.25. The second-order valence-electron chi connectivity index (χ2n) is 6.39. The summed E-state index contributed by atoms with van der Waals surface area (Å²) in [5.41, 5.74) is 1.01. The number of rotatable bonds is 6. The number of hydrogen-bond donors (Lipinski definition) is 0. The van der Waals surface area contributed by atoms with Crippen molar-refractivity contribution in [2.75, 3.05) is 0 Å². The molecule has 14 heavy (non-hydrogen) atoms. The van der Waals surface area contributed by atoms with Gasteiger partial charge in [0, 0.05) is 0 Å². The maximum atomic E-state index is 2.43. The van der Waals surface area contributed by atoms with Gasteiger partial charge in [0.2, 0.25) is 0 Å².